The van der Waals surface area contributed by atoms with Crippen LogP contribution in [0.3, 0.4) is 0 Å². The van der Waals surface area contributed by atoms with Gasteiger partial charge in [0.05, 0.1) is 12.2 Å². The fraction of sp³-hybridized carbons (Fsp3) is 0.524. The van der Waals surface area contributed by atoms with Crippen molar-refractivity contribution >= 4 is 17.4 Å². The minimum Gasteiger partial charge on any atom is -0.444 e. The molecule has 1 N–H and O–H groups in total. The number of nitrogens with one attached hydrogen (secondary N) is 1. The molecular formula is C21H32N4O2S. The van der Waals surface area contributed by atoms with Crippen LogP contribution in [-0.4, -0.2) is 59.7 Å². The second-order valence-corrected chi connectivity index (χ2v) is 9.20. The van der Waals surface area contributed by atoms with Crippen molar-refractivity contribution in [3.05, 3.63) is 40.2 Å². The molecule has 0 radical (unpaired) electrons. The van der Waals surface area contributed by atoms with Crippen molar-refractivity contribution in [2.24, 2.45) is 0 Å². The first-order valence-electron chi connectivity index (χ1n) is 9.70. The zero-order valence-electron chi connectivity index (χ0n) is 17.2. The smallest absolute Gasteiger partial charge is 0.408 e. The van der Waals surface area contributed by atoms with Crippen molar-refractivity contribution in [3.8, 4) is 11.3 Å². The van der Waals surface area contributed by atoms with Crippen LogP contribution in [0.25, 0.3) is 11.3 Å². The second kappa shape index (κ2) is 9.03. The van der Waals surface area contributed by atoms with Gasteiger partial charge in [0.25, 0.3) is 0 Å². The van der Waals surface area contributed by atoms with Crippen LogP contribution in [0.1, 0.15) is 32.8 Å². The summed E-state index contributed by atoms with van der Waals surface area (Å²) in [5.74, 6) is 0. The Labute approximate surface area is 173 Å². The van der Waals surface area contributed by atoms with E-state index in [-0.39, 0.29) is 1.43 Å². The summed E-state index contributed by atoms with van der Waals surface area (Å²) in [5, 5.41) is 5.67. The molecule has 3 rings (SSSR count). The molecule has 1 amide bonds. The highest BCUT2D eigenvalue weighted by molar-refractivity contribution is 7.09. The molecule has 7 heteroatoms. The van der Waals surface area contributed by atoms with E-state index >= 15 is 0 Å². The number of hydrogen-bond donors (Lipinski definition) is 1. The molecule has 0 atom stereocenters. The van der Waals surface area contributed by atoms with Crippen LogP contribution in [0.15, 0.2) is 29.6 Å². The van der Waals surface area contributed by atoms with E-state index in [1.807, 2.05) is 26.2 Å². The van der Waals surface area contributed by atoms with Gasteiger partial charge in [0.15, 0.2) is 0 Å². The summed E-state index contributed by atoms with van der Waals surface area (Å²) >= 11 is 1.55. The van der Waals surface area contributed by atoms with Crippen molar-refractivity contribution < 1.29 is 11.0 Å². The SMILES string of the molecule is CN1CCN(Cc2cccc(-c3csc(CNC(=O)OC(C)(C)C)n3)c2)CC1.[HH]. The number of rotatable bonds is 5. The number of carbonyl (C=O) groups excluding carboxylic acids is 1. The number of piperazine rings is 1. The maximum atomic E-state index is 11.8. The van der Waals surface area contributed by atoms with Crippen LogP contribution in [-0.2, 0) is 17.8 Å². The van der Waals surface area contributed by atoms with E-state index in [1.165, 1.54) is 5.56 Å². The Morgan fingerprint density at radius 1 is 1.29 bits per heavy atom. The van der Waals surface area contributed by atoms with Crippen LogP contribution < -0.4 is 5.32 Å². The molecule has 1 fully saturated rings. The van der Waals surface area contributed by atoms with Crippen LogP contribution in [0.2, 0.25) is 0 Å². The van der Waals surface area contributed by atoms with E-state index in [0.717, 1.165) is 49.0 Å². The molecule has 0 unspecified atom stereocenters. The van der Waals surface area contributed by atoms with Crippen LogP contribution >= 0.6 is 11.3 Å². The van der Waals surface area contributed by atoms with Crippen molar-refractivity contribution in [1.82, 2.24) is 20.1 Å². The molecule has 2 aromatic rings. The minimum absolute atomic E-state index is 0. The Morgan fingerprint density at radius 2 is 2.04 bits per heavy atom. The van der Waals surface area contributed by atoms with E-state index in [0.29, 0.717) is 6.54 Å². The molecule has 2 heterocycles. The van der Waals surface area contributed by atoms with Gasteiger partial charge in [-0.25, -0.2) is 9.78 Å². The first-order valence-corrected chi connectivity index (χ1v) is 10.6. The van der Waals surface area contributed by atoms with Gasteiger partial charge < -0.3 is 15.0 Å². The Bertz CT molecular complexity index is 798. The lowest BCUT2D eigenvalue weighted by Crippen LogP contribution is -2.43. The fourth-order valence-corrected chi connectivity index (χ4v) is 3.82. The third kappa shape index (κ3) is 6.29. The average molecular weight is 405 g/mol. The van der Waals surface area contributed by atoms with E-state index in [1.54, 1.807) is 11.3 Å². The second-order valence-electron chi connectivity index (χ2n) is 8.26. The summed E-state index contributed by atoms with van der Waals surface area (Å²) in [6, 6.07) is 8.59. The summed E-state index contributed by atoms with van der Waals surface area (Å²) in [6.45, 7) is 11.4. The van der Waals surface area contributed by atoms with Crippen molar-refractivity contribution in [3.63, 3.8) is 0 Å². The maximum absolute atomic E-state index is 11.8. The zero-order valence-corrected chi connectivity index (χ0v) is 18.0. The van der Waals surface area contributed by atoms with Gasteiger partial charge in [0.1, 0.15) is 10.6 Å². The molecule has 6 nitrogen and oxygen atoms in total. The Morgan fingerprint density at radius 3 is 2.75 bits per heavy atom. The molecule has 0 saturated carbocycles. The molecule has 154 valence electrons. The molecule has 1 aliphatic heterocycles. The molecular weight excluding hydrogens is 372 g/mol. The highest BCUT2D eigenvalue weighted by Crippen LogP contribution is 2.23. The summed E-state index contributed by atoms with van der Waals surface area (Å²) in [4.78, 5) is 21.3. The van der Waals surface area contributed by atoms with Crippen molar-refractivity contribution in [2.75, 3.05) is 33.2 Å². The standard InChI is InChI=1S/C21H30N4O2S.H2/c1-21(2,3)27-20(26)22-13-19-23-18(15-28-19)17-7-5-6-16(12-17)14-25-10-8-24(4)9-11-25;/h5-7,12,15H,8-11,13-14H2,1-4H3,(H,22,26);1H. The van der Waals surface area contributed by atoms with Gasteiger partial charge >= 0.3 is 6.09 Å². The minimum atomic E-state index is -0.498. The quantitative estimate of drug-likeness (QED) is 0.821. The molecule has 28 heavy (non-hydrogen) atoms. The molecule has 1 aromatic carbocycles. The largest absolute Gasteiger partial charge is 0.444 e. The summed E-state index contributed by atoms with van der Waals surface area (Å²) in [5.41, 5.74) is 2.88. The van der Waals surface area contributed by atoms with Gasteiger partial charge in [0, 0.05) is 45.1 Å². The van der Waals surface area contributed by atoms with Gasteiger partial charge in [0.2, 0.25) is 0 Å². The van der Waals surface area contributed by atoms with Crippen LogP contribution in [0.5, 0.6) is 0 Å². The molecule has 1 aliphatic rings. The lowest BCUT2D eigenvalue weighted by atomic mass is 10.1. The topological polar surface area (TPSA) is 57.7 Å². The van der Waals surface area contributed by atoms with Crippen LogP contribution in [0.4, 0.5) is 4.79 Å². The molecule has 0 aliphatic carbocycles. The predicted octanol–water partition coefficient (Wildman–Crippen LogP) is 3.83. The number of carbonyl (C=O) groups is 1. The Kier molecular flexibility index (Phi) is 6.69. The summed E-state index contributed by atoms with van der Waals surface area (Å²) < 4.78 is 5.26. The first-order chi connectivity index (χ1) is 13.3. The lowest BCUT2D eigenvalue weighted by Gasteiger charge is -2.32. The van der Waals surface area contributed by atoms with Crippen LogP contribution in [0, 0.1) is 0 Å². The predicted molar refractivity (Wildman–Crippen MR) is 116 cm³/mol. The van der Waals surface area contributed by atoms with E-state index in [9.17, 15) is 4.79 Å². The molecule has 1 aromatic heterocycles. The molecule has 0 spiro atoms. The lowest BCUT2D eigenvalue weighted by molar-refractivity contribution is 0.0523. The average Bonchev–Trinajstić information content (AvgIpc) is 3.10. The zero-order chi connectivity index (χ0) is 20.1. The normalized spacial score (nSPS) is 16.1. The molecule has 0 bridgehead atoms. The number of aromatic nitrogens is 1. The van der Waals surface area contributed by atoms with E-state index in [2.05, 4.69) is 51.4 Å². The third-order valence-electron chi connectivity index (χ3n) is 4.56. The van der Waals surface area contributed by atoms with E-state index in [4.69, 9.17) is 4.74 Å². The maximum Gasteiger partial charge on any atom is 0.408 e. The Hall–Kier alpha value is -1.96. The van der Waals surface area contributed by atoms with Gasteiger partial charge in [-0.3, -0.25) is 4.90 Å². The highest BCUT2D eigenvalue weighted by atomic mass is 32.1. The summed E-state index contributed by atoms with van der Waals surface area (Å²) in [6.07, 6.45) is -0.418. The number of hydrogen-bond acceptors (Lipinski definition) is 6. The number of thiazole rings is 1. The van der Waals surface area contributed by atoms with Gasteiger partial charge in [-0.1, -0.05) is 18.2 Å². The third-order valence-corrected chi connectivity index (χ3v) is 5.41. The van der Waals surface area contributed by atoms with Gasteiger partial charge in [-0.15, -0.1) is 11.3 Å². The van der Waals surface area contributed by atoms with E-state index < -0.39 is 11.7 Å². The van der Waals surface area contributed by atoms with Crippen molar-refractivity contribution in [2.45, 2.75) is 39.5 Å². The number of likely N-dealkylation sites (N-methyl/N-ethyl adjacent to an activating group) is 1. The fourth-order valence-electron chi connectivity index (χ4n) is 3.08. The van der Waals surface area contributed by atoms with Gasteiger partial charge in [-0.05, 0) is 39.4 Å². The first kappa shape index (κ1) is 20.8. The van der Waals surface area contributed by atoms with Crippen molar-refractivity contribution in [1.29, 1.82) is 0 Å². The summed E-state index contributed by atoms with van der Waals surface area (Å²) in [7, 11) is 2.18. The number of amides is 1. The monoisotopic (exact) mass is 404 g/mol. The number of alkyl carbamates (subject to hydrolysis) is 1. The van der Waals surface area contributed by atoms with Gasteiger partial charge in [-0.2, -0.15) is 0 Å². The number of ether oxygens (including phenoxy) is 1. The number of benzene rings is 1. The Balaban J connectivity index is 0.00000300. The molecule has 1 saturated heterocycles. The highest BCUT2D eigenvalue weighted by Gasteiger charge is 2.17. The number of nitrogens with zero attached hydrogens (tertiary/aromatic N) is 3.